The number of nitrogens with two attached hydrogens (primary N) is 1. The number of nitro groups is 1. The minimum absolute atomic E-state index is 0.0401. The highest BCUT2D eigenvalue weighted by atomic mass is 32.1. The molecule has 0 spiro atoms. The van der Waals surface area contributed by atoms with Gasteiger partial charge in [-0.25, -0.2) is 4.98 Å². The van der Waals surface area contributed by atoms with Gasteiger partial charge in [-0.2, -0.15) is 18.3 Å². The van der Waals surface area contributed by atoms with Crippen LogP contribution >= 0.6 is 11.3 Å². The first-order valence-electron chi connectivity index (χ1n) is 9.81. The molecule has 4 aromatic heterocycles. The van der Waals surface area contributed by atoms with Gasteiger partial charge in [-0.1, -0.05) is 6.92 Å². The van der Waals surface area contributed by atoms with Crippen LogP contribution in [-0.4, -0.2) is 31.5 Å². The van der Waals surface area contributed by atoms with E-state index in [2.05, 4.69) is 15.4 Å². The third-order valence-electron chi connectivity index (χ3n) is 4.95. The SMILES string of the molecule is CC(Cn1cc([N+](=O)[O-])cn1)C(=O)Nc1c(C(N)=O)sc2nc(C(F)(F)F)cc(-c3ccco3)c12. The Kier molecular flexibility index (Phi) is 6.02. The Morgan fingerprint density at radius 2 is 2.14 bits per heavy atom. The number of thiophene rings is 1. The smallest absolute Gasteiger partial charge is 0.433 e. The van der Waals surface area contributed by atoms with Crippen LogP contribution in [-0.2, 0) is 17.5 Å². The lowest BCUT2D eigenvalue weighted by Crippen LogP contribution is -2.25. The van der Waals surface area contributed by atoms with Crippen LogP contribution in [0.4, 0.5) is 24.5 Å². The predicted molar refractivity (Wildman–Crippen MR) is 118 cm³/mol. The summed E-state index contributed by atoms with van der Waals surface area (Å²) in [6.45, 7) is 1.46. The molecule has 0 aromatic carbocycles. The molecule has 182 valence electrons. The lowest BCUT2D eigenvalue weighted by atomic mass is 10.1. The molecule has 0 aliphatic carbocycles. The number of hydrogen-bond acceptors (Lipinski definition) is 8. The standard InChI is InChI=1S/C20H15F3N6O5S/c1-9(7-28-8-10(6-25-28)29(32)33)18(31)27-15-14-11(12-3-2-4-34-12)5-13(20(21,22)23)26-19(14)35-16(15)17(24)30/h2-6,8-9H,7H2,1H3,(H2,24,30)(H,27,31). The zero-order chi connectivity index (χ0) is 25.5. The van der Waals surface area contributed by atoms with Crippen molar-refractivity contribution in [2.45, 2.75) is 19.6 Å². The van der Waals surface area contributed by atoms with Crippen molar-refractivity contribution in [2.75, 3.05) is 5.32 Å². The number of furan rings is 1. The van der Waals surface area contributed by atoms with Gasteiger partial charge in [0.1, 0.15) is 33.6 Å². The normalized spacial score (nSPS) is 12.6. The zero-order valence-electron chi connectivity index (χ0n) is 17.7. The Morgan fingerprint density at radius 3 is 2.71 bits per heavy atom. The summed E-state index contributed by atoms with van der Waals surface area (Å²) in [7, 11) is 0. The molecule has 1 unspecified atom stereocenters. The van der Waals surface area contributed by atoms with Gasteiger partial charge < -0.3 is 15.5 Å². The van der Waals surface area contributed by atoms with Crippen molar-refractivity contribution in [2.24, 2.45) is 11.7 Å². The van der Waals surface area contributed by atoms with Gasteiger partial charge in [0.2, 0.25) is 5.91 Å². The van der Waals surface area contributed by atoms with Crippen molar-refractivity contribution in [3.05, 3.63) is 57.5 Å². The summed E-state index contributed by atoms with van der Waals surface area (Å²) >= 11 is 0.603. The van der Waals surface area contributed by atoms with Crippen molar-refractivity contribution in [3.8, 4) is 11.3 Å². The fourth-order valence-corrected chi connectivity index (χ4v) is 4.33. The van der Waals surface area contributed by atoms with Crippen LogP contribution < -0.4 is 11.1 Å². The van der Waals surface area contributed by atoms with E-state index in [-0.39, 0.29) is 44.3 Å². The molecule has 4 aromatic rings. The highest BCUT2D eigenvalue weighted by Crippen LogP contribution is 2.43. The molecule has 1 atom stereocenters. The van der Waals surface area contributed by atoms with E-state index in [0.717, 1.165) is 18.5 Å². The van der Waals surface area contributed by atoms with E-state index in [1.807, 2.05) is 0 Å². The summed E-state index contributed by atoms with van der Waals surface area (Å²) in [6.07, 6.45) is -1.34. The highest BCUT2D eigenvalue weighted by molar-refractivity contribution is 7.21. The monoisotopic (exact) mass is 508 g/mol. The van der Waals surface area contributed by atoms with Crippen LogP contribution in [0.1, 0.15) is 22.3 Å². The van der Waals surface area contributed by atoms with Crippen molar-refractivity contribution >= 4 is 44.7 Å². The number of amides is 2. The molecule has 0 fully saturated rings. The molecule has 0 aliphatic rings. The molecule has 35 heavy (non-hydrogen) atoms. The predicted octanol–water partition coefficient (Wildman–Crippen LogP) is 4.05. The van der Waals surface area contributed by atoms with Crippen molar-refractivity contribution in [1.82, 2.24) is 14.8 Å². The number of carbonyl (C=O) groups is 2. The second-order valence-electron chi connectivity index (χ2n) is 7.45. The number of nitrogens with zero attached hydrogens (tertiary/aromatic N) is 4. The fourth-order valence-electron chi connectivity index (χ4n) is 3.32. The Balaban J connectivity index is 1.77. The molecule has 0 bridgehead atoms. The molecule has 11 nitrogen and oxygen atoms in total. The van der Waals surface area contributed by atoms with Gasteiger partial charge in [-0.3, -0.25) is 24.4 Å². The minimum atomic E-state index is -4.78. The zero-order valence-corrected chi connectivity index (χ0v) is 18.5. The highest BCUT2D eigenvalue weighted by Gasteiger charge is 2.35. The molecule has 2 amide bonds. The average Bonchev–Trinajstić information content (AvgIpc) is 3.52. The van der Waals surface area contributed by atoms with Crippen LogP contribution in [0.15, 0.2) is 41.3 Å². The van der Waals surface area contributed by atoms with E-state index in [1.54, 1.807) is 0 Å². The lowest BCUT2D eigenvalue weighted by molar-refractivity contribution is -0.385. The Morgan fingerprint density at radius 1 is 1.40 bits per heavy atom. The fraction of sp³-hybridized carbons (Fsp3) is 0.200. The molecule has 0 saturated heterocycles. The summed E-state index contributed by atoms with van der Waals surface area (Å²) in [5.74, 6) is -2.35. The third-order valence-corrected chi connectivity index (χ3v) is 6.05. The number of halogens is 3. The maximum atomic E-state index is 13.5. The van der Waals surface area contributed by atoms with Gasteiger partial charge in [0.25, 0.3) is 5.91 Å². The average molecular weight is 508 g/mol. The van der Waals surface area contributed by atoms with Gasteiger partial charge in [-0.05, 0) is 18.2 Å². The van der Waals surface area contributed by atoms with Crippen LogP contribution in [0.3, 0.4) is 0 Å². The topological polar surface area (TPSA) is 159 Å². The quantitative estimate of drug-likeness (QED) is 0.281. The number of aromatic nitrogens is 3. The van der Waals surface area contributed by atoms with E-state index >= 15 is 0 Å². The number of pyridine rings is 1. The van der Waals surface area contributed by atoms with Crippen molar-refractivity contribution in [3.63, 3.8) is 0 Å². The number of anilines is 1. The van der Waals surface area contributed by atoms with Crippen LogP contribution in [0, 0.1) is 16.0 Å². The van der Waals surface area contributed by atoms with Crippen molar-refractivity contribution in [1.29, 1.82) is 0 Å². The number of rotatable bonds is 7. The summed E-state index contributed by atoms with van der Waals surface area (Å²) in [5.41, 5.74) is 3.84. The van der Waals surface area contributed by atoms with Crippen LogP contribution in [0.5, 0.6) is 0 Å². The van der Waals surface area contributed by atoms with Gasteiger partial charge in [0.15, 0.2) is 0 Å². The van der Waals surface area contributed by atoms with E-state index in [9.17, 15) is 32.9 Å². The maximum absolute atomic E-state index is 13.5. The van der Waals surface area contributed by atoms with Gasteiger partial charge in [0.05, 0.1) is 29.3 Å². The first-order valence-corrected chi connectivity index (χ1v) is 10.6. The molecule has 4 rings (SSSR count). The Bertz CT molecular complexity index is 1440. The maximum Gasteiger partial charge on any atom is 0.433 e. The van der Waals surface area contributed by atoms with E-state index in [4.69, 9.17) is 10.2 Å². The second-order valence-corrected chi connectivity index (χ2v) is 8.45. The number of carbonyl (C=O) groups excluding carboxylic acids is 2. The molecule has 0 radical (unpaired) electrons. The molecule has 3 N–H and O–H groups in total. The van der Waals surface area contributed by atoms with E-state index < -0.39 is 34.5 Å². The molecule has 15 heteroatoms. The van der Waals surface area contributed by atoms with E-state index in [1.165, 1.54) is 30.0 Å². The van der Waals surface area contributed by atoms with Crippen LogP contribution in [0.25, 0.3) is 21.5 Å². The minimum Gasteiger partial charge on any atom is -0.464 e. The number of alkyl halides is 3. The summed E-state index contributed by atoms with van der Waals surface area (Å²) < 4.78 is 46.9. The Labute approximate surface area is 197 Å². The molecule has 4 heterocycles. The second kappa shape index (κ2) is 8.83. The summed E-state index contributed by atoms with van der Waals surface area (Å²) in [5, 5.41) is 17.3. The van der Waals surface area contributed by atoms with Crippen molar-refractivity contribution < 1.29 is 32.1 Å². The number of primary amides is 1. The van der Waals surface area contributed by atoms with Gasteiger partial charge >= 0.3 is 11.9 Å². The summed E-state index contributed by atoms with van der Waals surface area (Å²) in [6, 6.07) is 3.66. The van der Waals surface area contributed by atoms with Crippen LogP contribution in [0.2, 0.25) is 0 Å². The molecule has 0 aliphatic heterocycles. The first-order chi connectivity index (χ1) is 16.5. The largest absolute Gasteiger partial charge is 0.464 e. The van der Waals surface area contributed by atoms with Gasteiger partial charge in [0, 0.05) is 10.9 Å². The first kappa shape index (κ1) is 23.9. The molecular formula is C20H15F3N6O5S. The lowest BCUT2D eigenvalue weighted by Gasteiger charge is -2.14. The molecule has 0 saturated carbocycles. The number of hydrogen-bond donors (Lipinski definition) is 2. The molecular weight excluding hydrogens is 493 g/mol. The van der Waals surface area contributed by atoms with E-state index in [0.29, 0.717) is 11.3 Å². The summed E-state index contributed by atoms with van der Waals surface area (Å²) in [4.78, 5) is 38.5. The Hall–Kier alpha value is -4.27. The number of fused-ring (bicyclic) bond motifs is 1. The third kappa shape index (κ3) is 4.70. The van der Waals surface area contributed by atoms with Gasteiger partial charge in [-0.15, -0.1) is 11.3 Å². The number of nitrogens with one attached hydrogen (secondary N) is 1.